The van der Waals surface area contributed by atoms with E-state index in [9.17, 15) is 9.90 Å². The van der Waals surface area contributed by atoms with E-state index in [1.54, 1.807) is 0 Å². The first-order valence-corrected chi connectivity index (χ1v) is 4.35. The van der Waals surface area contributed by atoms with Crippen LogP contribution in [0.5, 0.6) is 0 Å². The highest BCUT2D eigenvalue weighted by Gasteiger charge is 2.55. The van der Waals surface area contributed by atoms with Gasteiger partial charge in [0.25, 0.3) is 0 Å². The molecule has 0 spiro atoms. The fourth-order valence-corrected chi connectivity index (χ4v) is 2.82. The normalized spacial score (nSPS) is 49.1. The highest BCUT2D eigenvalue weighted by atomic mass is 16.6. The predicted molar refractivity (Wildman–Crippen MR) is 39.9 cm³/mol. The quantitative estimate of drug-likeness (QED) is 0.419. The van der Waals surface area contributed by atoms with Gasteiger partial charge in [0, 0.05) is 5.92 Å². The zero-order valence-corrected chi connectivity index (χ0v) is 6.56. The Bertz CT molecular complexity index is 281. The maximum atomic E-state index is 11.2. The van der Waals surface area contributed by atoms with Gasteiger partial charge in [-0.2, -0.15) is 0 Å². The molecule has 0 unspecified atom stereocenters. The van der Waals surface area contributed by atoms with Crippen LogP contribution in [0.1, 0.15) is 12.8 Å². The lowest BCUT2D eigenvalue weighted by Crippen LogP contribution is -2.23. The van der Waals surface area contributed by atoms with Crippen LogP contribution in [0.3, 0.4) is 0 Å². The zero-order chi connectivity index (χ0) is 8.29. The second-order valence-electron chi connectivity index (χ2n) is 3.86. The Morgan fingerprint density at radius 2 is 2.42 bits per heavy atom. The number of fused-ring (bicyclic) bond motifs is 5. The van der Waals surface area contributed by atoms with Crippen molar-refractivity contribution in [2.24, 2.45) is 17.8 Å². The summed E-state index contributed by atoms with van der Waals surface area (Å²) < 4.78 is 4.78. The minimum absolute atomic E-state index is 0.0671. The van der Waals surface area contributed by atoms with Crippen LogP contribution >= 0.6 is 0 Å². The molecule has 0 aromatic heterocycles. The molecule has 1 saturated carbocycles. The summed E-state index contributed by atoms with van der Waals surface area (Å²) in [7, 11) is 0. The van der Waals surface area contributed by atoms with Gasteiger partial charge < -0.3 is 9.84 Å². The summed E-state index contributed by atoms with van der Waals surface area (Å²) in [4.78, 5) is 11.2. The molecule has 0 radical (unpaired) electrons. The molecule has 2 aliphatic carbocycles. The first-order chi connectivity index (χ1) is 5.77. The number of carbonyl (C=O) groups excluding carboxylic acids is 1. The Morgan fingerprint density at radius 1 is 1.58 bits per heavy atom. The van der Waals surface area contributed by atoms with Crippen molar-refractivity contribution in [1.82, 2.24) is 0 Å². The Kier molecular flexibility index (Phi) is 1.06. The molecule has 1 saturated heterocycles. The molecule has 1 aliphatic heterocycles. The number of esters is 1. The van der Waals surface area contributed by atoms with E-state index < -0.39 is 6.29 Å². The number of hydrogen-bond donors (Lipinski definition) is 1. The number of aliphatic hydroxyl groups excluding tert-OH is 1. The molecular formula is C9H10O3. The Balaban J connectivity index is 2.05. The largest absolute Gasteiger partial charge is 0.435 e. The van der Waals surface area contributed by atoms with E-state index in [-0.39, 0.29) is 17.8 Å². The lowest BCUT2D eigenvalue weighted by Gasteiger charge is -2.17. The molecule has 1 heterocycles. The molecule has 0 aromatic rings. The third-order valence-electron chi connectivity index (χ3n) is 3.33. The number of rotatable bonds is 0. The number of cyclic esters (lactones) is 1. The molecule has 1 N–H and O–H groups in total. The summed E-state index contributed by atoms with van der Waals surface area (Å²) in [6, 6.07) is 0. The van der Waals surface area contributed by atoms with E-state index in [4.69, 9.17) is 4.74 Å². The van der Waals surface area contributed by atoms with Crippen LogP contribution in [0.4, 0.5) is 0 Å². The average molecular weight is 166 g/mol. The molecule has 3 aliphatic rings. The van der Waals surface area contributed by atoms with Gasteiger partial charge in [0.1, 0.15) is 0 Å². The van der Waals surface area contributed by atoms with E-state index in [1.807, 2.05) is 0 Å². The standard InChI is InChI=1S/C9H10O3/c10-8-6-4-1-2-5(3-4)7(6)9(11)12-8/h1,5-7,9,11H,2-3H2/t5-,6+,7+,9+/m0/s1. The molecule has 4 atom stereocenters. The van der Waals surface area contributed by atoms with Gasteiger partial charge in [-0.25, -0.2) is 0 Å². The van der Waals surface area contributed by atoms with Crippen molar-refractivity contribution in [1.29, 1.82) is 0 Å². The van der Waals surface area contributed by atoms with Crippen LogP contribution in [0.25, 0.3) is 0 Å². The monoisotopic (exact) mass is 166 g/mol. The van der Waals surface area contributed by atoms with Gasteiger partial charge in [0.05, 0.1) is 5.92 Å². The summed E-state index contributed by atoms with van der Waals surface area (Å²) in [6.07, 6.45) is 3.32. The van der Waals surface area contributed by atoms with Crippen molar-refractivity contribution >= 4 is 5.97 Å². The van der Waals surface area contributed by atoms with Crippen LogP contribution in [0.2, 0.25) is 0 Å². The van der Waals surface area contributed by atoms with Crippen LogP contribution in [-0.2, 0) is 9.53 Å². The highest BCUT2D eigenvalue weighted by Crippen LogP contribution is 2.53. The Labute approximate surface area is 70.0 Å². The van der Waals surface area contributed by atoms with Crippen LogP contribution < -0.4 is 0 Å². The van der Waals surface area contributed by atoms with Crippen molar-refractivity contribution in [3.8, 4) is 0 Å². The Morgan fingerprint density at radius 3 is 3.17 bits per heavy atom. The minimum Gasteiger partial charge on any atom is -0.435 e. The maximum Gasteiger partial charge on any atom is 0.315 e. The number of aliphatic hydroxyl groups is 1. The third-order valence-corrected chi connectivity index (χ3v) is 3.33. The smallest absolute Gasteiger partial charge is 0.315 e. The Hall–Kier alpha value is -0.830. The summed E-state index contributed by atoms with van der Waals surface area (Å²) in [5.74, 6) is 0.212. The van der Waals surface area contributed by atoms with E-state index in [2.05, 4.69) is 6.08 Å². The van der Waals surface area contributed by atoms with Gasteiger partial charge in [0.15, 0.2) is 0 Å². The summed E-state index contributed by atoms with van der Waals surface area (Å²) in [5.41, 5.74) is 1.20. The van der Waals surface area contributed by atoms with Gasteiger partial charge in [-0.15, -0.1) is 0 Å². The molecule has 12 heavy (non-hydrogen) atoms. The molecule has 0 aromatic carbocycles. The van der Waals surface area contributed by atoms with Gasteiger partial charge >= 0.3 is 5.97 Å². The molecular weight excluding hydrogens is 156 g/mol. The fraction of sp³-hybridized carbons (Fsp3) is 0.667. The molecule has 3 heteroatoms. The van der Waals surface area contributed by atoms with Gasteiger partial charge in [-0.05, 0) is 18.8 Å². The summed E-state index contributed by atoms with van der Waals surface area (Å²) in [5, 5.41) is 9.42. The SMILES string of the molecule is O=C1O[C@@H](O)[C@@H]2[C@H]3CC=C(C3)[C@@H]12. The molecule has 64 valence electrons. The highest BCUT2D eigenvalue weighted by molar-refractivity contribution is 5.79. The van der Waals surface area contributed by atoms with Crippen molar-refractivity contribution in [3.63, 3.8) is 0 Å². The topological polar surface area (TPSA) is 46.5 Å². The lowest BCUT2D eigenvalue weighted by molar-refractivity contribution is -0.158. The lowest BCUT2D eigenvalue weighted by atomic mass is 9.85. The third kappa shape index (κ3) is 0.591. The first kappa shape index (κ1) is 6.66. The van der Waals surface area contributed by atoms with Gasteiger partial charge in [-0.3, -0.25) is 4.79 Å². The predicted octanol–water partition coefficient (Wildman–Crippen LogP) is 0.444. The van der Waals surface area contributed by atoms with Crippen LogP contribution in [0.15, 0.2) is 11.6 Å². The second-order valence-corrected chi connectivity index (χ2v) is 3.86. The fourth-order valence-electron chi connectivity index (χ4n) is 2.82. The second kappa shape index (κ2) is 1.91. The summed E-state index contributed by atoms with van der Waals surface area (Å²) >= 11 is 0. The molecule has 0 amide bonds. The number of allylic oxidation sites excluding steroid dienone is 1. The summed E-state index contributed by atoms with van der Waals surface area (Å²) in [6.45, 7) is 0. The number of ether oxygens (including phenoxy) is 1. The van der Waals surface area contributed by atoms with Gasteiger partial charge in [-0.1, -0.05) is 11.6 Å². The van der Waals surface area contributed by atoms with Crippen molar-refractivity contribution in [2.45, 2.75) is 19.1 Å². The van der Waals surface area contributed by atoms with Crippen LogP contribution in [-0.4, -0.2) is 17.4 Å². The minimum atomic E-state index is -0.835. The van der Waals surface area contributed by atoms with E-state index in [0.29, 0.717) is 5.92 Å². The van der Waals surface area contributed by atoms with Crippen molar-refractivity contribution in [2.75, 3.05) is 0 Å². The molecule has 2 bridgehead atoms. The van der Waals surface area contributed by atoms with Gasteiger partial charge in [0.2, 0.25) is 6.29 Å². The van der Waals surface area contributed by atoms with E-state index in [1.165, 1.54) is 5.57 Å². The molecule has 2 fully saturated rings. The van der Waals surface area contributed by atoms with Crippen molar-refractivity contribution in [3.05, 3.63) is 11.6 Å². The first-order valence-electron chi connectivity index (χ1n) is 4.35. The van der Waals surface area contributed by atoms with E-state index >= 15 is 0 Å². The average Bonchev–Trinajstić information content (AvgIpc) is 2.64. The number of hydrogen-bond acceptors (Lipinski definition) is 3. The molecule has 3 nitrogen and oxygen atoms in total. The van der Waals surface area contributed by atoms with E-state index in [0.717, 1.165) is 12.8 Å². The maximum absolute atomic E-state index is 11.2. The molecule has 3 rings (SSSR count). The zero-order valence-electron chi connectivity index (χ0n) is 6.56. The van der Waals surface area contributed by atoms with Crippen molar-refractivity contribution < 1.29 is 14.6 Å². The number of carbonyl (C=O) groups is 1. The van der Waals surface area contributed by atoms with Crippen LogP contribution in [0, 0.1) is 17.8 Å².